The second kappa shape index (κ2) is 6.34. The third-order valence-electron chi connectivity index (χ3n) is 3.16. The molecule has 22 heavy (non-hydrogen) atoms. The monoisotopic (exact) mass is 375 g/mol. The van der Waals surface area contributed by atoms with Crippen molar-refractivity contribution in [3.05, 3.63) is 69.3 Å². The highest BCUT2D eigenvalue weighted by atomic mass is 79.9. The summed E-state index contributed by atoms with van der Waals surface area (Å²) in [5.41, 5.74) is 4.76. The highest BCUT2D eigenvalue weighted by Crippen LogP contribution is 2.21. The van der Waals surface area contributed by atoms with E-state index >= 15 is 0 Å². The third-order valence-corrected chi connectivity index (χ3v) is 3.99. The summed E-state index contributed by atoms with van der Waals surface area (Å²) in [5.74, 6) is -0.345. The van der Waals surface area contributed by atoms with Crippen molar-refractivity contribution >= 4 is 50.6 Å². The van der Waals surface area contributed by atoms with E-state index in [0.717, 1.165) is 20.9 Å². The van der Waals surface area contributed by atoms with Crippen molar-refractivity contribution in [1.29, 1.82) is 0 Å². The van der Waals surface area contributed by atoms with Gasteiger partial charge in [0, 0.05) is 27.1 Å². The Hall–Kier alpha value is -2.11. The lowest BCUT2D eigenvalue weighted by Gasteiger charge is -2.01. The van der Waals surface area contributed by atoms with E-state index in [4.69, 9.17) is 11.6 Å². The summed E-state index contributed by atoms with van der Waals surface area (Å²) in [6.45, 7) is 0. The van der Waals surface area contributed by atoms with Crippen molar-refractivity contribution in [2.45, 2.75) is 0 Å². The Morgan fingerprint density at radius 2 is 2.09 bits per heavy atom. The number of carbonyl (C=O) groups excluding carboxylic acids is 1. The van der Waals surface area contributed by atoms with Crippen molar-refractivity contribution in [2.24, 2.45) is 5.10 Å². The largest absolute Gasteiger partial charge is 0.361 e. The van der Waals surface area contributed by atoms with Crippen molar-refractivity contribution in [2.75, 3.05) is 0 Å². The molecule has 0 atom stereocenters. The highest BCUT2D eigenvalue weighted by molar-refractivity contribution is 9.10. The van der Waals surface area contributed by atoms with Gasteiger partial charge in [-0.3, -0.25) is 4.79 Å². The van der Waals surface area contributed by atoms with E-state index in [2.05, 4.69) is 31.4 Å². The van der Waals surface area contributed by atoms with Crippen LogP contribution in [0.5, 0.6) is 0 Å². The maximum absolute atomic E-state index is 12.0. The van der Waals surface area contributed by atoms with Crippen LogP contribution in [0.2, 0.25) is 5.02 Å². The molecular formula is C16H11BrClN3O. The number of aromatic nitrogens is 1. The zero-order chi connectivity index (χ0) is 15.5. The van der Waals surface area contributed by atoms with Gasteiger partial charge in [-0.2, -0.15) is 5.10 Å². The smallest absolute Gasteiger partial charge is 0.272 e. The summed E-state index contributed by atoms with van der Waals surface area (Å²) >= 11 is 9.41. The van der Waals surface area contributed by atoms with Crippen molar-refractivity contribution in [1.82, 2.24) is 10.4 Å². The predicted molar refractivity (Wildman–Crippen MR) is 92.5 cm³/mol. The number of amides is 1. The number of hydrogen-bond acceptors (Lipinski definition) is 2. The number of benzene rings is 2. The first-order valence-electron chi connectivity index (χ1n) is 6.50. The zero-order valence-electron chi connectivity index (χ0n) is 11.3. The SMILES string of the molecule is O=C(NN=Cc1c[nH]c2ccc(Br)cc12)c1ccccc1Cl. The lowest BCUT2D eigenvalue weighted by atomic mass is 10.2. The van der Waals surface area contributed by atoms with Gasteiger partial charge in [0.05, 0.1) is 16.8 Å². The Kier molecular flexibility index (Phi) is 4.27. The maximum Gasteiger partial charge on any atom is 0.272 e. The maximum atomic E-state index is 12.0. The summed E-state index contributed by atoms with van der Waals surface area (Å²) in [7, 11) is 0. The Labute approximate surface area is 140 Å². The molecule has 3 rings (SSSR count). The van der Waals surface area contributed by atoms with Gasteiger partial charge in [0.15, 0.2) is 0 Å². The van der Waals surface area contributed by atoms with Crippen LogP contribution in [-0.4, -0.2) is 17.1 Å². The van der Waals surface area contributed by atoms with E-state index in [1.165, 1.54) is 0 Å². The fourth-order valence-corrected chi connectivity index (χ4v) is 2.67. The average molecular weight is 377 g/mol. The number of hydrazone groups is 1. The fraction of sp³-hybridized carbons (Fsp3) is 0. The van der Waals surface area contributed by atoms with E-state index in [-0.39, 0.29) is 5.91 Å². The van der Waals surface area contributed by atoms with E-state index in [1.807, 2.05) is 24.4 Å². The summed E-state index contributed by atoms with van der Waals surface area (Å²) in [6, 6.07) is 12.8. The van der Waals surface area contributed by atoms with Gasteiger partial charge in [0.2, 0.25) is 0 Å². The number of carbonyl (C=O) groups is 1. The molecule has 4 nitrogen and oxygen atoms in total. The standard InChI is InChI=1S/C16H11BrClN3O/c17-11-5-6-15-13(7-11)10(8-19-15)9-20-21-16(22)12-3-1-2-4-14(12)18/h1-9,19H,(H,21,22). The molecule has 0 saturated heterocycles. The Bertz CT molecular complexity index is 873. The topological polar surface area (TPSA) is 57.2 Å². The molecule has 110 valence electrons. The van der Waals surface area contributed by atoms with Crippen LogP contribution in [0.15, 0.2) is 58.2 Å². The molecule has 0 unspecified atom stereocenters. The molecule has 1 heterocycles. The Morgan fingerprint density at radius 3 is 2.91 bits per heavy atom. The number of H-pyrrole nitrogens is 1. The molecule has 2 aromatic carbocycles. The minimum atomic E-state index is -0.345. The number of rotatable bonds is 3. The normalized spacial score (nSPS) is 11.2. The first kappa shape index (κ1) is 14.8. The molecular weight excluding hydrogens is 366 g/mol. The summed E-state index contributed by atoms with van der Waals surface area (Å²) in [6.07, 6.45) is 3.43. The van der Waals surface area contributed by atoms with Crippen molar-refractivity contribution in [3.63, 3.8) is 0 Å². The van der Waals surface area contributed by atoms with Crippen LogP contribution in [-0.2, 0) is 0 Å². The van der Waals surface area contributed by atoms with E-state index < -0.39 is 0 Å². The molecule has 0 aliphatic rings. The van der Waals surface area contributed by atoms with Gasteiger partial charge in [-0.1, -0.05) is 39.7 Å². The van der Waals surface area contributed by atoms with Gasteiger partial charge in [-0.05, 0) is 30.3 Å². The molecule has 6 heteroatoms. The van der Waals surface area contributed by atoms with Crippen LogP contribution in [0.1, 0.15) is 15.9 Å². The molecule has 0 aliphatic heterocycles. The molecule has 3 aromatic rings. The van der Waals surface area contributed by atoms with Crippen LogP contribution in [0.25, 0.3) is 10.9 Å². The molecule has 1 aromatic heterocycles. The minimum absolute atomic E-state index is 0.345. The zero-order valence-corrected chi connectivity index (χ0v) is 13.6. The lowest BCUT2D eigenvalue weighted by molar-refractivity contribution is 0.0955. The van der Waals surface area contributed by atoms with Gasteiger partial charge in [0.25, 0.3) is 5.91 Å². The number of aromatic amines is 1. The molecule has 0 bridgehead atoms. The quantitative estimate of drug-likeness (QED) is 0.518. The highest BCUT2D eigenvalue weighted by Gasteiger charge is 2.08. The first-order chi connectivity index (χ1) is 10.6. The van der Waals surface area contributed by atoms with Crippen LogP contribution < -0.4 is 5.43 Å². The predicted octanol–water partition coefficient (Wildman–Crippen LogP) is 4.35. The van der Waals surface area contributed by atoms with Crippen LogP contribution in [0.4, 0.5) is 0 Å². The van der Waals surface area contributed by atoms with E-state index in [1.54, 1.807) is 30.5 Å². The summed E-state index contributed by atoms with van der Waals surface area (Å²) < 4.78 is 0.981. The molecule has 0 spiro atoms. The summed E-state index contributed by atoms with van der Waals surface area (Å²) in [5, 5.41) is 5.41. The lowest BCUT2D eigenvalue weighted by Crippen LogP contribution is -2.17. The molecule has 1 amide bonds. The number of hydrogen-bond donors (Lipinski definition) is 2. The Morgan fingerprint density at radius 1 is 1.27 bits per heavy atom. The van der Waals surface area contributed by atoms with E-state index in [0.29, 0.717) is 10.6 Å². The molecule has 0 radical (unpaired) electrons. The number of nitrogens with one attached hydrogen (secondary N) is 2. The second-order valence-electron chi connectivity index (χ2n) is 4.61. The third kappa shape index (κ3) is 3.05. The van der Waals surface area contributed by atoms with Crippen LogP contribution in [0.3, 0.4) is 0 Å². The van der Waals surface area contributed by atoms with Gasteiger partial charge < -0.3 is 4.98 Å². The molecule has 0 aliphatic carbocycles. The minimum Gasteiger partial charge on any atom is -0.361 e. The average Bonchev–Trinajstić information content (AvgIpc) is 2.90. The molecule has 0 saturated carbocycles. The van der Waals surface area contributed by atoms with Crippen LogP contribution in [0, 0.1) is 0 Å². The number of nitrogens with zero attached hydrogens (tertiary/aromatic N) is 1. The number of fused-ring (bicyclic) bond motifs is 1. The van der Waals surface area contributed by atoms with Gasteiger partial charge in [-0.25, -0.2) is 5.43 Å². The number of halogens is 2. The first-order valence-corrected chi connectivity index (χ1v) is 7.67. The second-order valence-corrected chi connectivity index (χ2v) is 5.94. The summed E-state index contributed by atoms with van der Waals surface area (Å²) in [4.78, 5) is 15.1. The molecule has 0 fully saturated rings. The van der Waals surface area contributed by atoms with Gasteiger partial charge in [-0.15, -0.1) is 0 Å². The van der Waals surface area contributed by atoms with Crippen LogP contribution >= 0.6 is 27.5 Å². The molecule has 2 N–H and O–H groups in total. The fourth-order valence-electron chi connectivity index (χ4n) is 2.09. The Balaban J connectivity index is 1.78. The van der Waals surface area contributed by atoms with Gasteiger partial charge >= 0.3 is 0 Å². The van der Waals surface area contributed by atoms with Crippen molar-refractivity contribution in [3.8, 4) is 0 Å². The van der Waals surface area contributed by atoms with Gasteiger partial charge in [0.1, 0.15) is 0 Å². The van der Waals surface area contributed by atoms with Crippen molar-refractivity contribution < 1.29 is 4.79 Å². The van der Waals surface area contributed by atoms with E-state index in [9.17, 15) is 4.79 Å².